The minimum atomic E-state index is -3.29. The Hall–Kier alpha value is -0.910. The van der Waals surface area contributed by atoms with Crippen LogP contribution in [0.25, 0.3) is 0 Å². The number of rotatable bonds is 7. The highest BCUT2D eigenvalue weighted by Crippen LogP contribution is 2.10. The average Bonchev–Trinajstić information content (AvgIpc) is 2.37. The van der Waals surface area contributed by atoms with Crippen molar-refractivity contribution >= 4 is 10.0 Å². The summed E-state index contributed by atoms with van der Waals surface area (Å²) in [6.45, 7) is 4.05. The van der Waals surface area contributed by atoms with Gasteiger partial charge in [0.25, 0.3) is 0 Å². The van der Waals surface area contributed by atoms with Crippen LogP contribution in [0.3, 0.4) is 0 Å². The molecule has 1 aromatic carbocycles. The maximum atomic E-state index is 12.0. The number of benzene rings is 1. The number of sulfonamides is 1. The van der Waals surface area contributed by atoms with Crippen LogP contribution in [0.15, 0.2) is 30.3 Å². The van der Waals surface area contributed by atoms with Crippen molar-refractivity contribution in [1.29, 1.82) is 0 Å². The largest absolute Gasteiger partial charge is 0.329 e. The molecule has 1 aromatic rings. The molecule has 0 aliphatic rings. The molecule has 0 aliphatic carbocycles. The lowest BCUT2D eigenvalue weighted by molar-refractivity contribution is 0.411. The van der Waals surface area contributed by atoms with Crippen molar-refractivity contribution in [1.82, 2.24) is 4.72 Å². The van der Waals surface area contributed by atoms with Gasteiger partial charge in [-0.2, -0.15) is 0 Å². The summed E-state index contributed by atoms with van der Waals surface area (Å²) in [6, 6.07) is 9.59. The summed E-state index contributed by atoms with van der Waals surface area (Å²) in [5, 5.41) is 0. The molecule has 1 unspecified atom stereocenters. The molecule has 0 radical (unpaired) electrons. The molecule has 1 rings (SSSR count). The molecule has 18 heavy (non-hydrogen) atoms. The molecule has 0 aliphatic heterocycles. The number of nitrogens with two attached hydrogens (primary N) is 1. The van der Waals surface area contributed by atoms with Gasteiger partial charge < -0.3 is 5.73 Å². The lowest BCUT2D eigenvalue weighted by Crippen LogP contribution is -2.51. The second kappa shape index (κ2) is 6.31. The fraction of sp³-hybridized carbons (Fsp3) is 0.538. The Morgan fingerprint density at radius 1 is 1.28 bits per heavy atom. The van der Waals surface area contributed by atoms with Gasteiger partial charge in [-0.05, 0) is 25.3 Å². The van der Waals surface area contributed by atoms with Crippen molar-refractivity contribution in [2.45, 2.75) is 32.2 Å². The fourth-order valence-electron chi connectivity index (χ4n) is 1.58. The van der Waals surface area contributed by atoms with Crippen molar-refractivity contribution in [3.63, 3.8) is 0 Å². The standard InChI is InChI=1S/C13H22N2O2S/c1-3-13(2,11-14)15-18(16,17)10-9-12-7-5-4-6-8-12/h4-8,15H,3,9-11,14H2,1-2H3. The Morgan fingerprint density at radius 2 is 1.89 bits per heavy atom. The molecule has 1 atom stereocenters. The first-order chi connectivity index (χ1) is 8.41. The van der Waals surface area contributed by atoms with E-state index < -0.39 is 15.6 Å². The van der Waals surface area contributed by atoms with Crippen LogP contribution in [-0.4, -0.2) is 26.3 Å². The Kier molecular flexibility index (Phi) is 5.31. The van der Waals surface area contributed by atoms with Crippen LogP contribution in [-0.2, 0) is 16.4 Å². The maximum absolute atomic E-state index is 12.0. The molecule has 4 nitrogen and oxygen atoms in total. The lowest BCUT2D eigenvalue weighted by Gasteiger charge is -2.27. The molecule has 5 heteroatoms. The fourth-order valence-corrected chi connectivity index (χ4v) is 3.17. The Labute approximate surface area is 110 Å². The Bertz CT molecular complexity index is 453. The van der Waals surface area contributed by atoms with Crippen LogP contribution in [0.1, 0.15) is 25.8 Å². The van der Waals surface area contributed by atoms with Gasteiger partial charge in [0.1, 0.15) is 0 Å². The van der Waals surface area contributed by atoms with Crippen LogP contribution >= 0.6 is 0 Å². The third-order valence-electron chi connectivity index (χ3n) is 3.14. The molecule has 3 N–H and O–H groups in total. The summed E-state index contributed by atoms with van der Waals surface area (Å²) < 4.78 is 26.6. The van der Waals surface area contributed by atoms with Crippen LogP contribution in [0.4, 0.5) is 0 Å². The first kappa shape index (κ1) is 15.1. The Morgan fingerprint density at radius 3 is 2.39 bits per heavy atom. The summed E-state index contributed by atoms with van der Waals surface area (Å²) in [5.74, 6) is 0.0899. The lowest BCUT2D eigenvalue weighted by atomic mass is 10.0. The van der Waals surface area contributed by atoms with Crippen molar-refractivity contribution in [2.75, 3.05) is 12.3 Å². The van der Waals surface area contributed by atoms with Gasteiger partial charge in [0.05, 0.1) is 5.75 Å². The van der Waals surface area contributed by atoms with E-state index in [-0.39, 0.29) is 5.75 Å². The van der Waals surface area contributed by atoms with Gasteiger partial charge >= 0.3 is 0 Å². The van der Waals surface area contributed by atoms with E-state index in [0.29, 0.717) is 19.4 Å². The molecule has 0 amide bonds. The van der Waals surface area contributed by atoms with E-state index in [2.05, 4.69) is 4.72 Å². The van der Waals surface area contributed by atoms with Crippen LogP contribution in [0, 0.1) is 0 Å². The van der Waals surface area contributed by atoms with Crippen molar-refractivity contribution < 1.29 is 8.42 Å². The van der Waals surface area contributed by atoms with Crippen LogP contribution in [0.2, 0.25) is 0 Å². The van der Waals surface area contributed by atoms with Gasteiger partial charge in [-0.15, -0.1) is 0 Å². The average molecular weight is 270 g/mol. The smallest absolute Gasteiger partial charge is 0.212 e. The molecule has 0 saturated heterocycles. The third-order valence-corrected chi connectivity index (χ3v) is 4.68. The minimum Gasteiger partial charge on any atom is -0.329 e. The summed E-state index contributed by atoms with van der Waals surface area (Å²) >= 11 is 0. The monoisotopic (exact) mass is 270 g/mol. The number of hydrogen-bond acceptors (Lipinski definition) is 3. The molecule has 0 heterocycles. The number of hydrogen-bond donors (Lipinski definition) is 2. The highest BCUT2D eigenvalue weighted by atomic mass is 32.2. The molecule has 0 bridgehead atoms. The van der Waals surface area contributed by atoms with E-state index in [0.717, 1.165) is 5.56 Å². The molecule has 102 valence electrons. The molecular formula is C13H22N2O2S. The highest BCUT2D eigenvalue weighted by molar-refractivity contribution is 7.89. The topological polar surface area (TPSA) is 72.2 Å². The SMILES string of the molecule is CCC(C)(CN)NS(=O)(=O)CCc1ccccc1. The van der Waals surface area contributed by atoms with Gasteiger partial charge in [0.15, 0.2) is 0 Å². The minimum absolute atomic E-state index is 0.0899. The van der Waals surface area contributed by atoms with Crippen molar-refractivity contribution in [3.05, 3.63) is 35.9 Å². The zero-order valence-corrected chi connectivity index (χ0v) is 11.8. The first-order valence-corrected chi connectivity index (χ1v) is 7.82. The zero-order chi connectivity index (χ0) is 13.6. The van der Waals surface area contributed by atoms with Crippen LogP contribution < -0.4 is 10.5 Å². The quantitative estimate of drug-likeness (QED) is 0.784. The van der Waals surface area contributed by atoms with Gasteiger partial charge in [-0.1, -0.05) is 37.3 Å². The van der Waals surface area contributed by atoms with Gasteiger partial charge in [0, 0.05) is 12.1 Å². The Balaban J connectivity index is 2.61. The van der Waals surface area contributed by atoms with E-state index >= 15 is 0 Å². The maximum Gasteiger partial charge on any atom is 0.212 e. The van der Waals surface area contributed by atoms with E-state index in [1.807, 2.05) is 44.2 Å². The summed E-state index contributed by atoms with van der Waals surface area (Å²) in [5.41, 5.74) is 6.08. The van der Waals surface area contributed by atoms with Crippen molar-refractivity contribution in [2.24, 2.45) is 5.73 Å². The van der Waals surface area contributed by atoms with Crippen LogP contribution in [0.5, 0.6) is 0 Å². The van der Waals surface area contributed by atoms with Gasteiger partial charge in [-0.25, -0.2) is 13.1 Å². The van der Waals surface area contributed by atoms with Gasteiger partial charge in [-0.3, -0.25) is 0 Å². The second-order valence-corrected chi connectivity index (χ2v) is 6.62. The zero-order valence-electron chi connectivity index (χ0n) is 11.0. The van der Waals surface area contributed by atoms with Crippen molar-refractivity contribution in [3.8, 4) is 0 Å². The predicted octanol–water partition coefficient (Wildman–Crippen LogP) is 1.28. The summed E-state index contributed by atoms with van der Waals surface area (Å²) in [7, 11) is -3.29. The predicted molar refractivity (Wildman–Crippen MR) is 74.8 cm³/mol. The molecule has 0 aromatic heterocycles. The molecular weight excluding hydrogens is 248 g/mol. The third kappa shape index (κ3) is 4.76. The molecule has 0 fully saturated rings. The van der Waals surface area contributed by atoms with E-state index in [9.17, 15) is 8.42 Å². The molecule has 0 spiro atoms. The summed E-state index contributed by atoms with van der Waals surface area (Å²) in [6.07, 6.45) is 1.19. The number of nitrogens with one attached hydrogen (secondary N) is 1. The normalized spacial score (nSPS) is 15.3. The van der Waals surface area contributed by atoms with E-state index in [1.165, 1.54) is 0 Å². The number of aryl methyl sites for hydroxylation is 1. The second-order valence-electron chi connectivity index (χ2n) is 4.77. The molecule has 0 saturated carbocycles. The first-order valence-electron chi connectivity index (χ1n) is 6.16. The highest BCUT2D eigenvalue weighted by Gasteiger charge is 2.26. The van der Waals surface area contributed by atoms with E-state index in [4.69, 9.17) is 5.73 Å². The van der Waals surface area contributed by atoms with Gasteiger partial charge in [0.2, 0.25) is 10.0 Å². The van der Waals surface area contributed by atoms with E-state index in [1.54, 1.807) is 0 Å². The summed E-state index contributed by atoms with van der Waals surface area (Å²) in [4.78, 5) is 0.